The Labute approximate surface area is 228 Å². The molecule has 39 heavy (non-hydrogen) atoms. The van der Waals surface area contributed by atoms with Crippen molar-refractivity contribution in [2.24, 2.45) is 5.92 Å². The van der Waals surface area contributed by atoms with E-state index in [1.165, 1.54) is 0 Å². The van der Waals surface area contributed by atoms with Crippen molar-refractivity contribution >= 4 is 11.9 Å². The number of benzene rings is 2. The molecule has 0 fully saturated rings. The number of likely N-dealkylation sites (N-methyl/N-ethyl adjacent to an activating group) is 1. The van der Waals surface area contributed by atoms with Gasteiger partial charge in [0.15, 0.2) is 0 Å². The largest absolute Gasteiger partial charge is 0.496 e. The zero-order valence-electron chi connectivity index (χ0n) is 22.7. The minimum Gasteiger partial charge on any atom is -0.496 e. The van der Waals surface area contributed by atoms with Crippen LogP contribution in [0.4, 0.5) is 0 Å². The Hall–Kier alpha value is -3.95. The summed E-state index contributed by atoms with van der Waals surface area (Å²) >= 11 is 0. The summed E-state index contributed by atoms with van der Waals surface area (Å²) in [6, 6.07) is 15.7. The first kappa shape index (κ1) is 28.1. The number of aliphatic hydroxyl groups excluding tert-OH is 1. The van der Waals surface area contributed by atoms with Crippen molar-refractivity contribution in [3.8, 4) is 22.8 Å². The number of hydrogen-bond acceptors (Lipinski definition) is 7. The van der Waals surface area contributed by atoms with Crippen LogP contribution in [0.25, 0.3) is 11.1 Å². The Kier molecular flexibility index (Phi) is 8.83. The average molecular weight is 534 g/mol. The van der Waals surface area contributed by atoms with Crippen molar-refractivity contribution in [2.75, 3.05) is 33.9 Å². The van der Waals surface area contributed by atoms with Gasteiger partial charge >= 0.3 is 5.97 Å². The summed E-state index contributed by atoms with van der Waals surface area (Å²) in [5.74, 6) is -0.326. The highest BCUT2D eigenvalue weighted by molar-refractivity contribution is 5.98. The van der Waals surface area contributed by atoms with E-state index in [-0.39, 0.29) is 42.0 Å². The fraction of sp³-hybridized carbons (Fsp3) is 0.367. The molecule has 0 radical (unpaired) electrons. The SMILES string of the molecule is COc1ccccc1-c1cnc2c(c1)C(=O)N([C@@H](C)CO)C[C@H](C)[C@@H](CN(C)Cc1ccc(C(=O)O)cc1)O2. The molecule has 1 amide bonds. The summed E-state index contributed by atoms with van der Waals surface area (Å²) < 4.78 is 11.9. The third-order valence-corrected chi connectivity index (χ3v) is 7.08. The molecule has 2 heterocycles. The van der Waals surface area contributed by atoms with Gasteiger partial charge in [0.05, 0.1) is 25.3 Å². The summed E-state index contributed by atoms with van der Waals surface area (Å²) in [6.45, 7) is 5.24. The summed E-state index contributed by atoms with van der Waals surface area (Å²) in [5, 5.41) is 19.1. The average Bonchev–Trinajstić information content (AvgIpc) is 2.94. The Morgan fingerprint density at radius 2 is 1.92 bits per heavy atom. The molecule has 2 N–H and O–H groups in total. The predicted octanol–water partition coefficient (Wildman–Crippen LogP) is 3.81. The molecule has 1 aliphatic heterocycles. The predicted molar refractivity (Wildman–Crippen MR) is 147 cm³/mol. The van der Waals surface area contributed by atoms with Crippen LogP contribution in [-0.2, 0) is 6.54 Å². The number of aromatic carboxylic acids is 1. The summed E-state index contributed by atoms with van der Waals surface area (Å²) in [7, 11) is 3.57. The molecule has 0 spiro atoms. The van der Waals surface area contributed by atoms with Gasteiger partial charge in [0.2, 0.25) is 5.88 Å². The van der Waals surface area contributed by atoms with E-state index in [9.17, 15) is 14.7 Å². The number of pyridine rings is 1. The maximum absolute atomic E-state index is 13.7. The summed E-state index contributed by atoms with van der Waals surface area (Å²) in [5.41, 5.74) is 3.10. The molecule has 1 aliphatic rings. The number of aromatic nitrogens is 1. The first-order chi connectivity index (χ1) is 18.7. The lowest BCUT2D eigenvalue weighted by Crippen LogP contribution is -2.49. The highest BCUT2D eigenvalue weighted by Crippen LogP contribution is 2.34. The Balaban J connectivity index is 1.64. The monoisotopic (exact) mass is 533 g/mol. The number of hydrogen-bond donors (Lipinski definition) is 2. The number of amides is 1. The number of ether oxygens (including phenoxy) is 2. The van der Waals surface area contributed by atoms with E-state index in [0.717, 1.165) is 16.7 Å². The van der Waals surface area contributed by atoms with Gasteiger partial charge in [-0.25, -0.2) is 9.78 Å². The quantitative estimate of drug-likeness (QED) is 0.427. The highest BCUT2D eigenvalue weighted by atomic mass is 16.5. The number of rotatable bonds is 9. The highest BCUT2D eigenvalue weighted by Gasteiger charge is 2.34. The van der Waals surface area contributed by atoms with Crippen LogP contribution >= 0.6 is 0 Å². The molecule has 0 saturated heterocycles. The van der Waals surface area contributed by atoms with Gasteiger partial charge in [-0.1, -0.05) is 37.3 Å². The van der Waals surface area contributed by atoms with Crippen molar-refractivity contribution in [3.05, 3.63) is 77.5 Å². The van der Waals surface area contributed by atoms with Gasteiger partial charge in [-0.2, -0.15) is 0 Å². The molecular formula is C30H35N3O6. The number of fused-ring (bicyclic) bond motifs is 1. The van der Waals surface area contributed by atoms with E-state index in [0.29, 0.717) is 30.9 Å². The van der Waals surface area contributed by atoms with Crippen molar-refractivity contribution in [3.63, 3.8) is 0 Å². The van der Waals surface area contributed by atoms with Gasteiger partial charge in [-0.05, 0) is 43.8 Å². The summed E-state index contributed by atoms with van der Waals surface area (Å²) in [6.07, 6.45) is 1.39. The topological polar surface area (TPSA) is 112 Å². The number of methoxy groups -OCH3 is 1. The smallest absolute Gasteiger partial charge is 0.335 e. The second-order valence-corrected chi connectivity index (χ2v) is 10.1. The maximum atomic E-state index is 13.7. The van der Waals surface area contributed by atoms with E-state index in [1.807, 2.05) is 57.3 Å². The molecule has 1 aromatic heterocycles. The molecule has 0 saturated carbocycles. The molecule has 3 aromatic rings. The fourth-order valence-electron chi connectivity index (χ4n) is 4.79. The fourth-order valence-corrected chi connectivity index (χ4v) is 4.79. The number of para-hydroxylation sites is 1. The van der Waals surface area contributed by atoms with Crippen LogP contribution in [0.15, 0.2) is 60.8 Å². The van der Waals surface area contributed by atoms with E-state index in [1.54, 1.807) is 36.4 Å². The van der Waals surface area contributed by atoms with Crippen LogP contribution in [0.3, 0.4) is 0 Å². The number of carbonyl (C=O) groups is 2. The number of aliphatic hydroxyl groups is 1. The standard InChI is InChI=1S/C30H35N3O6/c1-19-15-33(20(2)18-34)29(35)25-13-23(24-7-5-6-8-26(24)38-4)14-31-28(25)39-27(19)17-32(3)16-21-9-11-22(12-10-21)30(36)37/h5-14,19-20,27,34H,15-18H2,1-4H3,(H,36,37)/t19-,20-,27+/m0/s1. The van der Waals surface area contributed by atoms with Crippen molar-refractivity contribution < 1.29 is 29.3 Å². The second-order valence-electron chi connectivity index (χ2n) is 10.1. The zero-order valence-corrected chi connectivity index (χ0v) is 22.7. The molecule has 0 bridgehead atoms. The van der Waals surface area contributed by atoms with Crippen LogP contribution in [-0.4, -0.2) is 82.9 Å². The van der Waals surface area contributed by atoms with Crippen LogP contribution in [0.2, 0.25) is 0 Å². The first-order valence-corrected chi connectivity index (χ1v) is 12.9. The number of nitrogens with zero attached hydrogens (tertiary/aromatic N) is 3. The second kappa shape index (κ2) is 12.3. The van der Waals surface area contributed by atoms with Gasteiger partial charge in [0, 0.05) is 42.9 Å². The Bertz CT molecular complexity index is 1310. The van der Waals surface area contributed by atoms with E-state index in [2.05, 4.69) is 9.88 Å². The molecule has 4 rings (SSSR count). The lowest BCUT2D eigenvalue weighted by molar-refractivity contribution is 0.0325. The lowest BCUT2D eigenvalue weighted by atomic mass is 9.98. The maximum Gasteiger partial charge on any atom is 0.335 e. The van der Waals surface area contributed by atoms with E-state index in [4.69, 9.17) is 14.6 Å². The van der Waals surface area contributed by atoms with Gasteiger partial charge in [0.25, 0.3) is 5.91 Å². The minimum atomic E-state index is -0.956. The normalized spacial score (nSPS) is 18.1. The van der Waals surface area contributed by atoms with Crippen LogP contribution in [0, 0.1) is 5.92 Å². The minimum absolute atomic E-state index is 0.0522. The first-order valence-electron chi connectivity index (χ1n) is 12.9. The van der Waals surface area contributed by atoms with Gasteiger partial charge in [-0.3, -0.25) is 9.69 Å². The van der Waals surface area contributed by atoms with Crippen molar-refractivity contribution in [2.45, 2.75) is 32.5 Å². The molecule has 206 valence electrons. The summed E-state index contributed by atoms with van der Waals surface area (Å²) in [4.78, 5) is 33.3. The van der Waals surface area contributed by atoms with Crippen LogP contribution in [0.5, 0.6) is 11.6 Å². The molecule has 0 unspecified atom stereocenters. The number of carboxylic acids is 1. The molecule has 0 aliphatic carbocycles. The number of carbonyl (C=O) groups excluding carboxylic acids is 1. The molecule has 2 aromatic carbocycles. The van der Waals surface area contributed by atoms with Gasteiger partial charge < -0.3 is 24.6 Å². The zero-order chi connectivity index (χ0) is 28.1. The van der Waals surface area contributed by atoms with E-state index >= 15 is 0 Å². The van der Waals surface area contributed by atoms with Gasteiger partial charge in [0.1, 0.15) is 17.4 Å². The van der Waals surface area contributed by atoms with Crippen LogP contribution in [0.1, 0.15) is 40.1 Å². The molecule has 9 nitrogen and oxygen atoms in total. The number of carboxylic acid groups (broad SMARTS) is 1. The molecule has 9 heteroatoms. The third-order valence-electron chi connectivity index (χ3n) is 7.08. The Morgan fingerprint density at radius 1 is 1.21 bits per heavy atom. The Morgan fingerprint density at radius 3 is 2.59 bits per heavy atom. The van der Waals surface area contributed by atoms with Gasteiger partial charge in [-0.15, -0.1) is 0 Å². The van der Waals surface area contributed by atoms with Crippen molar-refractivity contribution in [1.29, 1.82) is 0 Å². The third kappa shape index (κ3) is 6.38. The van der Waals surface area contributed by atoms with Crippen molar-refractivity contribution in [1.82, 2.24) is 14.8 Å². The van der Waals surface area contributed by atoms with Crippen LogP contribution < -0.4 is 9.47 Å². The molecule has 3 atom stereocenters. The van der Waals surface area contributed by atoms with E-state index < -0.39 is 5.97 Å². The lowest BCUT2D eigenvalue weighted by Gasteiger charge is -2.37. The molecular weight excluding hydrogens is 498 g/mol.